The Morgan fingerprint density at radius 3 is 2.27 bits per heavy atom. The molecule has 0 aliphatic rings. The molecule has 0 aliphatic heterocycles. The van der Waals surface area contributed by atoms with E-state index in [1.54, 1.807) is 61.7 Å². The summed E-state index contributed by atoms with van der Waals surface area (Å²) in [5.41, 5.74) is 2.06. The van der Waals surface area contributed by atoms with Crippen LogP contribution in [0.4, 0.5) is 5.88 Å². The fourth-order valence-electron chi connectivity index (χ4n) is 3.62. The number of carbonyl (C=O) groups is 1. The number of aryl methyl sites for hydroxylation is 1. The SMILES string of the molecule is COc1ccc(C(=O)Nc2oc3c(C)cccc3c(=O)c2-c2ccc(OC)c(OC)c2)cc1. The van der Waals surface area contributed by atoms with Gasteiger partial charge < -0.3 is 18.6 Å². The van der Waals surface area contributed by atoms with Crippen molar-refractivity contribution in [2.24, 2.45) is 0 Å². The third kappa shape index (κ3) is 4.13. The molecule has 1 N–H and O–H groups in total. The fraction of sp³-hybridized carbons (Fsp3) is 0.154. The lowest BCUT2D eigenvalue weighted by molar-refractivity contribution is 0.102. The van der Waals surface area contributed by atoms with Crippen LogP contribution in [0.3, 0.4) is 0 Å². The van der Waals surface area contributed by atoms with Gasteiger partial charge in [-0.3, -0.25) is 14.9 Å². The topological polar surface area (TPSA) is 87.0 Å². The first-order valence-electron chi connectivity index (χ1n) is 10.2. The number of fused-ring (bicyclic) bond motifs is 1. The van der Waals surface area contributed by atoms with E-state index < -0.39 is 5.91 Å². The summed E-state index contributed by atoms with van der Waals surface area (Å²) in [4.78, 5) is 26.6. The van der Waals surface area contributed by atoms with E-state index in [4.69, 9.17) is 18.6 Å². The Morgan fingerprint density at radius 1 is 0.879 bits per heavy atom. The predicted octanol–water partition coefficient (Wildman–Crippen LogP) is 5.05. The van der Waals surface area contributed by atoms with Crippen LogP contribution >= 0.6 is 0 Å². The molecule has 33 heavy (non-hydrogen) atoms. The van der Waals surface area contributed by atoms with Gasteiger partial charge in [-0.15, -0.1) is 0 Å². The summed E-state index contributed by atoms with van der Waals surface area (Å²) in [6.07, 6.45) is 0. The summed E-state index contributed by atoms with van der Waals surface area (Å²) in [5, 5.41) is 3.19. The van der Waals surface area contributed by atoms with Crippen molar-refractivity contribution in [2.45, 2.75) is 6.92 Å². The molecule has 4 aromatic rings. The highest BCUT2D eigenvalue weighted by molar-refractivity contribution is 6.06. The summed E-state index contributed by atoms with van der Waals surface area (Å²) in [7, 11) is 4.60. The number of benzene rings is 3. The van der Waals surface area contributed by atoms with Gasteiger partial charge in [0.2, 0.25) is 11.3 Å². The molecular weight excluding hydrogens is 422 g/mol. The van der Waals surface area contributed by atoms with Gasteiger partial charge in [0, 0.05) is 5.56 Å². The van der Waals surface area contributed by atoms with E-state index >= 15 is 0 Å². The van der Waals surface area contributed by atoms with E-state index in [9.17, 15) is 9.59 Å². The van der Waals surface area contributed by atoms with Crippen LogP contribution in [0.1, 0.15) is 15.9 Å². The van der Waals surface area contributed by atoms with Crippen LogP contribution < -0.4 is 25.0 Å². The lowest BCUT2D eigenvalue weighted by Gasteiger charge is -2.14. The minimum absolute atomic E-state index is 0.0508. The van der Waals surface area contributed by atoms with Gasteiger partial charge in [-0.2, -0.15) is 0 Å². The van der Waals surface area contributed by atoms with Crippen LogP contribution in [0.15, 0.2) is 69.9 Å². The zero-order chi connectivity index (χ0) is 23.5. The average molecular weight is 445 g/mol. The number of hydrogen-bond acceptors (Lipinski definition) is 6. The number of carbonyl (C=O) groups excluding carboxylic acids is 1. The van der Waals surface area contributed by atoms with E-state index in [-0.39, 0.29) is 16.9 Å². The van der Waals surface area contributed by atoms with Crippen LogP contribution in [-0.2, 0) is 0 Å². The molecule has 7 heteroatoms. The number of para-hydroxylation sites is 1. The van der Waals surface area contributed by atoms with Crippen molar-refractivity contribution in [1.29, 1.82) is 0 Å². The van der Waals surface area contributed by atoms with Gasteiger partial charge in [-0.05, 0) is 60.5 Å². The molecule has 7 nitrogen and oxygen atoms in total. The zero-order valence-electron chi connectivity index (χ0n) is 18.7. The number of amides is 1. The molecular formula is C26H23NO6. The summed E-state index contributed by atoms with van der Waals surface area (Å²) < 4.78 is 22.0. The number of methoxy groups -OCH3 is 3. The molecule has 0 saturated carbocycles. The summed E-state index contributed by atoms with van der Waals surface area (Å²) in [6.45, 7) is 1.84. The number of nitrogens with one attached hydrogen (secondary N) is 1. The van der Waals surface area contributed by atoms with Crippen LogP contribution in [0.2, 0.25) is 0 Å². The number of hydrogen-bond donors (Lipinski definition) is 1. The van der Waals surface area contributed by atoms with Crippen molar-refractivity contribution in [3.8, 4) is 28.4 Å². The first-order chi connectivity index (χ1) is 16.0. The van der Waals surface area contributed by atoms with Crippen molar-refractivity contribution >= 4 is 22.8 Å². The zero-order valence-corrected chi connectivity index (χ0v) is 18.7. The molecule has 0 spiro atoms. The number of anilines is 1. The van der Waals surface area contributed by atoms with Crippen molar-refractivity contribution in [3.05, 3.63) is 82.0 Å². The van der Waals surface area contributed by atoms with Crippen LogP contribution in [0.25, 0.3) is 22.1 Å². The monoisotopic (exact) mass is 445 g/mol. The smallest absolute Gasteiger partial charge is 0.257 e. The second-order valence-corrected chi connectivity index (χ2v) is 7.34. The molecule has 1 heterocycles. The van der Waals surface area contributed by atoms with Gasteiger partial charge in [0.05, 0.1) is 32.3 Å². The summed E-state index contributed by atoms with van der Waals surface area (Å²) in [6, 6.07) is 17.1. The van der Waals surface area contributed by atoms with Crippen molar-refractivity contribution in [3.63, 3.8) is 0 Å². The third-order valence-corrected chi connectivity index (χ3v) is 5.37. The molecule has 0 fully saturated rings. The number of ether oxygens (including phenoxy) is 3. The average Bonchev–Trinajstić information content (AvgIpc) is 2.84. The van der Waals surface area contributed by atoms with E-state index in [2.05, 4.69) is 5.32 Å². The maximum atomic E-state index is 13.6. The van der Waals surface area contributed by atoms with Gasteiger partial charge in [-0.25, -0.2) is 0 Å². The third-order valence-electron chi connectivity index (χ3n) is 5.37. The van der Waals surface area contributed by atoms with E-state index in [1.165, 1.54) is 14.2 Å². The van der Waals surface area contributed by atoms with Crippen LogP contribution in [0, 0.1) is 6.92 Å². The molecule has 0 saturated heterocycles. The second kappa shape index (κ2) is 9.08. The van der Waals surface area contributed by atoms with E-state index in [0.29, 0.717) is 39.3 Å². The van der Waals surface area contributed by atoms with Gasteiger partial charge in [0.25, 0.3) is 5.91 Å². The molecule has 0 atom stereocenters. The fourth-order valence-corrected chi connectivity index (χ4v) is 3.62. The van der Waals surface area contributed by atoms with E-state index in [1.807, 2.05) is 13.0 Å². The minimum Gasteiger partial charge on any atom is -0.497 e. The van der Waals surface area contributed by atoms with Crippen molar-refractivity contribution in [2.75, 3.05) is 26.6 Å². The molecule has 0 radical (unpaired) electrons. The molecule has 0 aliphatic carbocycles. The Morgan fingerprint density at radius 2 is 1.61 bits per heavy atom. The molecule has 168 valence electrons. The van der Waals surface area contributed by atoms with Crippen LogP contribution in [-0.4, -0.2) is 27.2 Å². The highest BCUT2D eigenvalue weighted by Crippen LogP contribution is 2.36. The molecule has 0 bridgehead atoms. The molecule has 4 rings (SSSR count). The lowest BCUT2D eigenvalue weighted by Crippen LogP contribution is -2.16. The standard InChI is InChI=1S/C26H23NO6/c1-15-6-5-7-19-23(28)22(17-10-13-20(31-3)21(14-17)32-4)26(33-24(15)19)27-25(29)16-8-11-18(30-2)12-9-16/h5-14H,1-4H3,(H,27,29). The van der Waals surface area contributed by atoms with Crippen molar-refractivity contribution in [1.82, 2.24) is 0 Å². The van der Waals surface area contributed by atoms with Crippen LogP contribution in [0.5, 0.6) is 17.2 Å². The lowest BCUT2D eigenvalue weighted by atomic mass is 10.0. The first kappa shape index (κ1) is 22.0. The Labute approximate surface area is 190 Å². The Balaban J connectivity index is 1.89. The summed E-state index contributed by atoms with van der Waals surface area (Å²) >= 11 is 0. The maximum absolute atomic E-state index is 13.6. The highest BCUT2D eigenvalue weighted by Gasteiger charge is 2.21. The Kier molecular flexibility index (Phi) is 6.04. The molecule has 1 amide bonds. The quantitative estimate of drug-likeness (QED) is 0.447. The van der Waals surface area contributed by atoms with Gasteiger partial charge >= 0.3 is 0 Å². The largest absolute Gasteiger partial charge is 0.497 e. The van der Waals surface area contributed by atoms with E-state index in [0.717, 1.165) is 5.56 Å². The first-order valence-corrected chi connectivity index (χ1v) is 10.2. The number of rotatable bonds is 6. The predicted molar refractivity (Wildman–Crippen MR) is 127 cm³/mol. The Hall–Kier alpha value is -4.26. The normalized spacial score (nSPS) is 10.7. The maximum Gasteiger partial charge on any atom is 0.257 e. The van der Waals surface area contributed by atoms with Gasteiger partial charge in [0.15, 0.2) is 11.5 Å². The molecule has 1 aromatic heterocycles. The summed E-state index contributed by atoms with van der Waals surface area (Å²) in [5.74, 6) is 1.23. The minimum atomic E-state index is -0.421. The highest BCUT2D eigenvalue weighted by atomic mass is 16.5. The molecule has 3 aromatic carbocycles. The van der Waals surface area contributed by atoms with Gasteiger partial charge in [0.1, 0.15) is 11.3 Å². The Bertz CT molecular complexity index is 1390. The molecule has 0 unspecified atom stereocenters. The van der Waals surface area contributed by atoms with Crippen molar-refractivity contribution < 1.29 is 23.4 Å². The second-order valence-electron chi connectivity index (χ2n) is 7.34. The van der Waals surface area contributed by atoms with Gasteiger partial charge in [-0.1, -0.05) is 18.2 Å².